The molecular weight excluding hydrogens is 436 g/mol. The predicted octanol–water partition coefficient (Wildman–Crippen LogP) is 5.82. The van der Waals surface area contributed by atoms with Gasteiger partial charge in [0.25, 0.3) is 8.32 Å². The average molecular weight is 477 g/mol. The van der Waals surface area contributed by atoms with Crippen LogP contribution in [0.4, 0.5) is 0 Å². The molecule has 3 nitrogen and oxygen atoms in total. The van der Waals surface area contributed by atoms with Gasteiger partial charge in [0.05, 0.1) is 12.7 Å². The molecule has 0 unspecified atom stereocenters. The van der Waals surface area contributed by atoms with Gasteiger partial charge in [-0.1, -0.05) is 119 Å². The van der Waals surface area contributed by atoms with Gasteiger partial charge in [-0.2, -0.15) is 0 Å². The van der Waals surface area contributed by atoms with Crippen LogP contribution in [0.25, 0.3) is 0 Å². The Hall–Kier alpha value is -2.24. The lowest BCUT2D eigenvalue weighted by Crippen LogP contribution is -2.67. The zero-order valence-electron chi connectivity index (χ0n) is 21.4. The van der Waals surface area contributed by atoms with Crippen LogP contribution in [-0.4, -0.2) is 34.7 Å². The van der Waals surface area contributed by atoms with E-state index in [0.717, 1.165) is 6.42 Å². The molecule has 0 heterocycles. The summed E-state index contributed by atoms with van der Waals surface area (Å²) in [6.07, 6.45) is 0.920. The highest BCUT2D eigenvalue weighted by atomic mass is 28.4. The van der Waals surface area contributed by atoms with E-state index in [-0.39, 0.29) is 17.1 Å². The second-order valence-corrected chi connectivity index (χ2v) is 14.4. The number of ether oxygens (including phenoxy) is 2. The highest BCUT2D eigenvalue weighted by Gasteiger charge is 2.50. The molecule has 0 aliphatic carbocycles. The van der Waals surface area contributed by atoms with Crippen LogP contribution in [0.15, 0.2) is 91.0 Å². The quantitative estimate of drug-likeness (QED) is 0.243. The molecule has 0 amide bonds. The summed E-state index contributed by atoms with van der Waals surface area (Å²) in [5.74, 6) is 0.243. The van der Waals surface area contributed by atoms with Crippen LogP contribution in [0.5, 0.6) is 0 Å². The average Bonchev–Trinajstić information content (AvgIpc) is 2.85. The van der Waals surface area contributed by atoms with Crippen LogP contribution in [0.3, 0.4) is 0 Å². The fourth-order valence-corrected chi connectivity index (χ4v) is 9.39. The number of benzene rings is 3. The number of hydrogen-bond acceptors (Lipinski definition) is 3. The highest BCUT2D eigenvalue weighted by Crippen LogP contribution is 2.37. The summed E-state index contributed by atoms with van der Waals surface area (Å²) in [7, 11) is -0.747. The van der Waals surface area contributed by atoms with Gasteiger partial charge in [0.1, 0.15) is 0 Å². The molecule has 34 heavy (non-hydrogen) atoms. The Morgan fingerprint density at radius 2 is 1.26 bits per heavy atom. The van der Waals surface area contributed by atoms with E-state index in [4.69, 9.17) is 13.9 Å². The van der Waals surface area contributed by atoms with E-state index < -0.39 is 8.32 Å². The monoisotopic (exact) mass is 476 g/mol. The number of rotatable bonds is 12. The van der Waals surface area contributed by atoms with Gasteiger partial charge in [0.2, 0.25) is 0 Å². The van der Waals surface area contributed by atoms with Gasteiger partial charge in [-0.25, -0.2) is 0 Å². The molecule has 3 rings (SSSR count). The first kappa shape index (κ1) is 26.4. The van der Waals surface area contributed by atoms with Crippen molar-refractivity contribution in [2.24, 2.45) is 5.92 Å². The fraction of sp³-hybridized carbons (Fsp3) is 0.400. The third-order valence-electron chi connectivity index (χ3n) is 6.58. The summed E-state index contributed by atoms with van der Waals surface area (Å²) in [4.78, 5) is 0. The van der Waals surface area contributed by atoms with Gasteiger partial charge in [0, 0.05) is 26.2 Å². The number of hydrogen-bond donors (Lipinski definition) is 0. The third kappa shape index (κ3) is 6.45. The Morgan fingerprint density at radius 3 is 1.74 bits per heavy atom. The summed E-state index contributed by atoms with van der Waals surface area (Å²) < 4.78 is 18.9. The van der Waals surface area contributed by atoms with E-state index in [1.807, 2.05) is 18.2 Å². The Bertz CT molecular complexity index is 915. The summed E-state index contributed by atoms with van der Waals surface area (Å²) in [6, 6.07) is 31.9. The van der Waals surface area contributed by atoms with E-state index in [2.05, 4.69) is 100 Å². The minimum atomic E-state index is -2.54. The molecule has 0 aliphatic rings. The van der Waals surface area contributed by atoms with Crippen LogP contribution in [0.2, 0.25) is 5.04 Å². The lowest BCUT2D eigenvalue weighted by atomic mass is 10.0. The second-order valence-electron chi connectivity index (χ2n) is 10.1. The van der Waals surface area contributed by atoms with E-state index in [1.54, 1.807) is 7.11 Å². The molecule has 3 aromatic rings. The summed E-state index contributed by atoms with van der Waals surface area (Å²) in [5.41, 5.74) is 1.19. The highest BCUT2D eigenvalue weighted by molar-refractivity contribution is 6.99. The minimum absolute atomic E-state index is 0.0310. The smallest absolute Gasteiger partial charge is 0.261 e. The maximum absolute atomic E-state index is 7.10. The van der Waals surface area contributed by atoms with E-state index >= 15 is 0 Å². The van der Waals surface area contributed by atoms with Crippen molar-refractivity contribution < 1.29 is 13.9 Å². The topological polar surface area (TPSA) is 27.7 Å². The van der Waals surface area contributed by atoms with Gasteiger partial charge in [-0.05, 0) is 27.4 Å². The van der Waals surface area contributed by atoms with E-state index in [9.17, 15) is 0 Å². The Labute approximate surface area is 207 Å². The third-order valence-corrected chi connectivity index (χ3v) is 11.6. The SMILES string of the molecule is CO[C@@H](CCOCc1ccccc1)[C@@H](C)CO[Si](c1ccccc1)(c1ccccc1)C(C)(C)C. The van der Waals surface area contributed by atoms with Gasteiger partial charge in [0.15, 0.2) is 0 Å². The predicted molar refractivity (Wildman–Crippen MR) is 144 cm³/mol. The molecule has 0 spiro atoms. The zero-order chi connectivity index (χ0) is 24.4. The van der Waals surface area contributed by atoms with Crippen molar-refractivity contribution in [3.63, 3.8) is 0 Å². The first-order valence-electron chi connectivity index (χ1n) is 12.3. The molecule has 0 aliphatic heterocycles. The van der Waals surface area contributed by atoms with E-state index in [1.165, 1.54) is 15.9 Å². The maximum atomic E-state index is 7.10. The zero-order valence-corrected chi connectivity index (χ0v) is 22.4. The molecule has 0 aromatic heterocycles. The Kier molecular flexibility index (Phi) is 9.66. The van der Waals surface area contributed by atoms with Crippen molar-refractivity contribution in [2.45, 2.75) is 51.9 Å². The van der Waals surface area contributed by atoms with Crippen molar-refractivity contribution >= 4 is 18.7 Å². The molecule has 0 N–H and O–H groups in total. The molecule has 4 heteroatoms. The molecule has 0 fully saturated rings. The first-order chi connectivity index (χ1) is 16.4. The van der Waals surface area contributed by atoms with Gasteiger partial charge in [-0.3, -0.25) is 0 Å². The number of methoxy groups -OCH3 is 1. The van der Waals surface area contributed by atoms with Gasteiger partial charge in [-0.15, -0.1) is 0 Å². The van der Waals surface area contributed by atoms with Crippen LogP contribution < -0.4 is 10.4 Å². The minimum Gasteiger partial charge on any atom is -0.407 e. The van der Waals surface area contributed by atoms with Crippen LogP contribution >= 0.6 is 0 Å². The molecule has 0 saturated heterocycles. The Morgan fingerprint density at radius 1 is 0.765 bits per heavy atom. The molecule has 2 atom stereocenters. The normalized spacial score (nSPS) is 14.0. The summed E-state index contributed by atoms with van der Waals surface area (Å²) >= 11 is 0. The van der Waals surface area contributed by atoms with E-state index in [0.29, 0.717) is 19.8 Å². The van der Waals surface area contributed by atoms with Crippen molar-refractivity contribution in [3.8, 4) is 0 Å². The van der Waals surface area contributed by atoms with Crippen LogP contribution in [-0.2, 0) is 20.5 Å². The molecule has 0 bridgehead atoms. The van der Waals surface area contributed by atoms with Crippen molar-refractivity contribution in [3.05, 3.63) is 96.6 Å². The summed E-state index contributed by atoms with van der Waals surface area (Å²) in [5, 5.41) is 2.58. The standard InChI is InChI=1S/C30H40O3Si/c1-25(29(31-5)21-22-32-24-26-15-9-6-10-16-26)23-33-34(30(2,3)4,27-17-11-7-12-18-27)28-19-13-8-14-20-28/h6-20,25,29H,21-24H2,1-5H3/t25-,29-/m0/s1. The fourth-order valence-electron chi connectivity index (χ4n) is 4.72. The summed E-state index contributed by atoms with van der Waals surface area (Å²) in [6.45, 7) is 11.1. The van der Waals surface area contributed by atoms with Crippen LogP contribution in [0, 0.1) is 5.92 Å². The maximum Gasteiger partial charge on any atom is 0.261 e. The lowest BCUT2D eigenvalue weighted by molar-refractivity contribution is 0.00470. The van der Waals surface area contributed by atoms with Crippen molar-refractivity contribution in [2.75, 3.05) is 20.3 Å². The van der Waals surface area contributed by atoms with Gasteiger partial charge < -0.3 is 13.9 Å². The van der Waals surface area contributed by atoms with Crippen molar-refractivity contribution in [1.29, 1.82) is 0 Å². The lowest BCUT2D eigenvalue weighted by Gasteiger charge is -2.44. The van der Waals surface area contributed by atoms with Crippen molar-refractivity contribution in [1.82, 2.24) is 0 Å². The van der Waals surface area contributed by atoms with Crippen LogP contribution in [0.1, 0.15) is 39.7 Å². The molecule has 0 saturated carbocycles. The Balaban J connectivity index is 1.72. The largest absolute Gasteiger partial charge is 0.407 e. The molecule has 182 valence electrons. The molecule has 0 radical (unpaired) electrons. The molecular formula is C30H40O3Si. The second kappa shape index (κ2) is 12.5. The molecule has 3 aromatic carbocycles. The van der Waals surface area contributed by atoms with Gasteiger partial charge >= 0.3 is 0 Å². The first-order valence-corrected chi connectivity index (χ1v) is 14.2.